The average Bonchev–Trinajstić information content (AvgIpc) is 3.23. The number of phenolic OH excluding ortho intramolecular Hbond substituents is 1. The van der Waals surface area contributed by atoms with E-state index in [2.05, 4.69) is 51.2 Å². The van der Waals surface area contributed by atoms with Gasteiger partial charge in [-0.1, -0.05) is 12.1 Å². The highest BCUT2D eigenvalue weighted by molar-refractivity contribution is 7.20. The molecule has 168 valence electrons. The number of allylic oxidation sites excluding steroid dienone is 1. The lowest BCUT2D eigenvalue weighted by Gasteiger charge is -2.32. The molecule has 3 aromatic rings. The summed E-state index contributed by atoms with van der Waals surface area (Å²) in [4.78, 5) is 14.7. The van der Waals surface area contributed by atoms with Crippen LogP contribution in [0.15, 0.2) is 54.4 Å². The number of nitrogens with zero attached hydrogens (tertiary/aromatic N) is 4. The molecule has 0 spiro atoms. The van der Waals surface area contributed by atoms with Crippen molar-refractivity contribution in [2.75, 3.05) is 52.2 Å². The molecular formula is C24H29N5O2S. The van der Waals surface area contributed by atoms with E-state index in [-0.39, 0.29) is 5.75 Å². The Morgan fingerprint density at radius 2 is 2.03 bits per heavy atom. The number of benzene rings is 1. The zero-order chi connectivity index (χ0) is 22.5. The van der Waals surface area contributed by atoms with Gasteiger partial charge in [0.05, 0.1) is 22.2 Å². The van der Waals surface area contributed by atoms with Gasteiger partial charge in [-0.05, 0) is 43.8 Å². The van der Waals surface area contributed by atoms with Gasteiger partial charge in [0, 0.05) is 44.5 Å². The summed E-state index contributed by atoms with van der Waals surface area (Å²) in [6, 6.07) is 9.02. The minimum Gasteiger partial charge on any atom is -0.508 e. The minimum absolute atomic E-state index is 0.205. The monoisotopic (exact) mass is 451 g/mol. The number of thiophene rings is 1. The molecule has 4 rings (SSSR count). The summed E-state index contributed by atoms with van der Waals surface area (Å²) in [6.45, 7) is 7.33. The van der Waals surface area contributed by atoms with Crippen molar-refractivity contribution in [1.82, 2.24) is 19.8 Å². The second kappa shape index (κ2) is 10.1. The second-order valence-corrected chi connectivity index (χ2v) is 8.93. The zero-order valence-corrected chi connectivity index (χ0v) is 19.5. The smallest absolute Gasteiger partial charge is 0.151 e. The van der Waals surface area contributed by atoms with E-state index in [4.69, 9.17) is 4.74 Å². The number of rotatable bonds is 7. The second-order valence-electron chi connectivity index (χ2n) is 7.88. The van der Waals surface area contributed by atoms with E-state index < -0.39 is 0 Å². The molecule has 1 fully saturated rings. The molecule has 1 aliphatic heterocycles. The molecule has 0 aliphatic carbocycles. The number of phenols is 1. The number of piperazine rings is 1. The van der Waals surface area contributed by atoms with Crippen molar-refractivity contribution in [2.45, 2.75) is 6.92 Å². The molecule has 0 amide bonds. The highest BCUT2D eigenvalue weighted by Gasteiger charge is 2.16. The third-order valence-corrected chi connectivity index (χ3v) is 6.72. The van der Waals surface area contributed by atoms with E-state index in [0.717, 1.165) is 59.3 Å². The Hall–Kier alpha value is -2.94. The van der Waals surface area contributed by atoms with Crippen molar-refractivity contribution < 1.29 is 9.84 Å². The van der Waals surface area contributed by atoms with Crippen LogP contribution in [0.1, 0.15) is 11.8 Å². The Labute approximate surface area is 192 Å². The quantitative estimate of drug-likeness (QED) is 0.409. The van der Waals surface area contributed by atoms with Gasteiger partial charge in [-0.25, -0.2) is 9.97 Å². The molecule has 0 unspecified atom stereocenters. The number of aromatic nitrogens is 2. The maximum Gasteiger partial charge on any atom is 0.151 e. The third kappa shape index (κ3) is 5.27. The van der Waals surface area contributed by atoms with E-state index in [1.54, 1.807) is 43.0 Å². The fraction of sp³-hybridized carbons (Fsp3) is 0.333. The van der Waals surface area contributed by atoms with E-state index in [1.165, 1.54) is 5.57 Å². The number of anilines is 2. The number of fused-ring (bicyclic) bond motifs is 1. The lowest BCUT2D eigenvalue weighted by atomic mass is 10.1. The Morgan fingerprint density at radius 1 is 1.22 bits per heavy atom. The standard InChI is InChI=1S/C24H29N5O2S/c1-4-17(15-29-10-8-28(2)9-11-29)12-21(31-3)22-14-20-23(32-22)24(26-16-25-20)27-18-6-5-7-19(30)13-18/h4-7,12-14,16,30H,8-11,15H2,1-3H3,(H,25,26,27)/b17-4+,21-12-. The van der Waals surface area contributed by atoms with Crippen molar-refractivity contribution in [3.8, 4) is 5.75 Å². The summed E-state index contributed by atoms with van der Waals surface area (Å²) in [7, 11) is 3.88. The van der Waals surface area contributed by atoms with Crippen molar-refractivity contribution >= 4 is 38.8 Å². The molecule has 1 saturated heterocycles. The van der Waals surface area contributed by atoms with Crippen LogP contribution >= 0.6 is 11.3 Å². The van der Waals surface area contributed by atoms with Gasteiger partial charge in [0.2, 0.25) is 0 Å². The fourth-order valence-electron chi connectivity index (χ4n) is 3.67. The SMILES string of the molecule is C/C=C(\C=C(/OC)c1cc2ncnc(Nc3cccc(O)c3)c2s1)CN1CCN(C)CC1. The molecule has 0 saturated carbocycles. The van der Waals surface area contributed by atoms with Gasteiger partial charge in [-0.2, -0.15) is 0 Å². The molecule has 32 heavy (non-hydrogen) atoms. The number of ether oxygens (including phenoxy) is 1. The number of methoxy groups -OCH3 is 1. The zero-order valence-electron chi connectivity index (χ0n) is 18.7. The van der Waals surface area contributed by atoms with E-state index in [1.807, 2.05) is 12.1 Å². The lowest BCUT2D eigenvalue weighted by Crippen LogP contribution is -2.44. The summed E-state index contributed by atoms with van der Waals surface area (Å²) in [5.41, 5.74) is 2.85. The normalized spacial score (nSPS) is 16.5. The van der Waals surface area contributed by atoms with Gasteiger partial charge in [-0.3, -0.25) is 4.90 Å². The molecule has 8 heteroatoms. The largest absolute Gasteiger partial charge is 0.508 e. The molecule has 1 aliphatic rings. The van der Waals surface area contributed by atoms with Crippen LogP contribution < -0.4 is 5.32 Å². The Morgan fingerprint density at radius 3 is 2.75 bits per heavy atom. The molecule has 0 bridgehead atoms. The topological polar surface area (TPSA) is 73.8 Å². The summed E-state index contributed by atoms with van der Waals surface area (Å²) in [5, 5.41) is 13.0. The molecule has 0 radical (unpaired) electrons. The van der Waals surface area contributed by atoms with Gasteiger partial charge in [0.25, 0.3) is 0 Å². The lowest BCUT2D eigenvalue weighted by molar-refractivity contribution is 0.164. The van der Waals surface area contributed by atoms with Crippen molar-refractivity contribution in [3.63, 3.8) is 0 Å². The van der Waals surface area contributed by atoms with Gasteiger partial charge in [-0.15, -0.1) is 11.3 Å². The third-order valence-electron chi connectivity index (χ3n) is 5.57. The van der Waals surface area contributed by atoms with Gasteiger partial charge >= 0.3 is 0 Å². The van der Waals surface area contributed by atoms with Crippen LogP contribution in [0.5, 0.6) is 5.75 Å². The Bertz CT molecular complexity index is 1130. The van der Waals surface area contributed by atoms with Crippen LogP contribution in [0.25, 0.3) is 16.0 Å². The van der Waals surface area contributed by atoms with E-state index >= 15 is 0 Å². The number of hydrogen-bond donors (Lipinski definition) is 2. The number of hydrogen-bond acceptors (Lipinski definition) is 8. The maximum absolute atomic E-state index is 9.75. The van der Waals surface area contributed by atoms with Crippen LogP contribution in [-0.4, -0.2) is 71.8 Å². The van der Waals surface area contributed by atoms with Gasteiger partial charge < -0.3 is 20.1 Å². The predicted octanol–water partition coefficient (Wildman–Crippen LogP) is 4.32. The van der Waals surface area contributed by atoms with Crippen LogP contribution in [0.2, 0.25) is 0 Å². The Balaban J connectivity index is 1.58. The van der Waals surface area contributed by atoms with Crippen LogP contribution in [0.4, 0.5) is 11.5 Å². The molecule has 0 atom stereocenters. The van der Waals surface area contributed by atoms with Crippen molar-refractivity contribution in [3.05, 3.63) is 59.3 Å². The first-order chi connectivity index (χ1) is 15.6. The van der Waals surface area contributed by atoms with E-state index in [9.17, 15) is 5.11 Å². The number of aromatic hydroxyl groups is 1. The van der Waals surface area contributed by atoms with Gasteiger partial charge in [0.1, 0.15) is 17.8 Å². The fourth-order valence-corrected chi connectivity index (χ4v) is 4.72. The maximum atomic E-state index is 9.75. The molecule has 1 aromatic carbocycles. The molecule has 3 heterocycles. The molecule has 2 aromatic heterocycles. The minimum atomic E-state index is 0.205. The summed E-state index contributed by atoms with van der Waals surface area (Å²) in [6.07, 6.45) is 5.82. The van der Waals surface area contributed by atoms with E-state index in [0.29, 0.717) is 5.82 Å². The van der Waals surface area contributed by atoms with Crippen LogP contribution in [0.3, 0.4) is 0 Å². The highest BCUT2D eigenvalue weighted by Crippen LogP contribution is 2.35. The number of likely N-dealkylation sites (N-methyl/N-ethyl adjacent to an activating group) is 1. The first-order valence-corrected chi connectivity index (χ1v) is 11.5. The predicted molar refractivity (Wildman–Crippen MR) is 131 cm³/mol. The van der Waals surface area contributed by atoms with Crippen molar-refractivity contribution in [2.24, 2.45) is 0 Å². The van der Waals surface area contributed by atoms with Crippen molar-refractivity contribution in [1.29, 1.82) is 0 Å². The highest BCUT2D eigenvalue weighted by atomic mass is 32.1. The number of nitrogens with one attached hydrogen (secondary N) is 1. The first-order valence-electron chi connectivity index (χ1n) is 10.7. The van der Waals surface area contributed by atoms with Crippen LogP contribution in [0, 0.1) is 0 Å². The summed E-state index contributed by atoms with van der Waals surface area (Å²) in [5.74, 6) is 1.73. The summed E-state index contributed by atoms with van der Waals surface area (Å²) < 4.78 is 6.72. The Kier molecular flexibility index (Phi) is 7.04. The average molecular weight is 452 g/mol. The first kappa shape index (κ1) is 22.3. The molecule has 2 N–H and O–H groups in total. The van der Waals surface area contributed by atoms with Gasteiger partial charge in [0.15, 0.2) is 5.82 Å². The molecular weight excluding hydrogens is 422 g/mol. The summed E-state index contributed by atoms with van der Waals surface area (Å²) >= 11 is 1.59. The van der Waals surface area contributed by atoms with Crippen LogP contribution in [-0.2, 0) is 4.74 Å². The molecule has 7 nitrogen and oxygen atoms in total.